The second-order valence-corrected chi connectivity index (χ2v) is 11.2. The molecule has 0 aliphatic carbocycles. The minimum absolute atomic E-state index is 0.193. The molecular weight excluding hydrogens is 627 g/mol. The van der Waals surface area contributed by atoms with Gasteiger partial charge in [-0.15, -0.1) is 0 Å². The van der Waals surface area contributed by atoms with E-state index < -0.39 is 12.0 Å². The summed E-state index contributed by atoms with van der Waals surface area (Å²) in [7, 11) is 1.57. The summed E-state index contributed by atoms with van der Waals surface area (Å²) in [5.41, 5.74) is 1.93. The van der Waals surface area contributed by atoms with Gasteiger partial charge in [0, 0.05) is 11.6 Å². The van der Waals surface area contributed by atoms with Gasteiger partial charge in [-0.25, -0.2) is 9.79 Å². The molecule has 2 aromatic carbocycles. The summed E-state index contributed by atoms with van der Waals surface area (Å²) in [6.07, 6.45) is 1.66. The van der Waals surface area contributed by atoms with Crippen molar-refractivity contribution in [1.29, 1.82) is 0 Å². The number of thiazole rings is 1. The minimum Gasteiger partial charge on any atom is -0.496 e. The largest absolute Gasteiger partial charge is 0.496 e. The molecule has 2 aromatic heterocycles. The van der Waals surface area contributed by atoms with Gasteiger partial charge in [-0.3, -0.25) is 9.36 Å². The van der Waals surface area contributed by atoms with E-state index in [9.17, 15) is 9.59 Å². The van der Waals surface area contributed by atoms with Crippen molar-refractivity contribution in [3.63, 3.8) is 0 Å². The van der Waals surface area contributed by atoms with E-state index in [2.05, 4.69) is 20.9 Å². The predicted octanol–water partition coefficient (Wildman–Crippen LogP) is 6.14. The van der Waals surface area contributed by atoms with Gasteiger partial charge in [0.1, 0.15) is 17.3 Å². The standard InChI is InChI=1S/C28H21BrCl2N2O5S/c1-4-37-27(35)24-14(2)32-28-33(25(24)16-6-9-22(36-3)18(29)11-16)26(34)23(39-28)13-17-7-10-21(38-17)15-5-8-19(30)20(31)12-15/h5-13,25H,4H2,1-3H3/b23-13+/t25-/m0/s1. The fraction of sp³-hybridized carbons (Fsp3) is 0.179. The smallest absolute Gasteiger partial charge is 0.338 e. The Bertz CT molecular complexity index is 1820. The zero-order valence-corrected chi connectivity index (χ0v) is 24.9. The van der Waals surface area contributed by atoms with E-state index in [0.717, 1.165) is 5.56 Å². The Hall–Kier alpha value is -3.11. The van der Waals surface area contributed by atoms with Crippen molar-refractivity contribution in [2.75, 3.05) is 13.7 Å². The van der Waals surface area contributed by atoms with Crippen LogP contribution in [-0.2, 0) is 9.53 Å². The lowest BCUT2D eigenvalue weighted by Gasteiger charge is -2.25. The number of hydrogen-bond donors (Lipinski definition) is 0. The number of aromatic nitrogens is 1. The van der Waals surface area contributed by atoms with Gasteiger partial charge in [-0.1, -0.05) is 40.6 Å². The van der Waals surface area contributed by atoms with Gasteiger partial charge in [-0.2, -0.15) is 0 Å². The number of ether oxygens (including phenoxy) is 2. The number of carbonyl (C=O) groups excluding carboxylic acids is 1. The second-order valence-electron chi connectivity index (χ2n) is 8.53. The molecule has 1 aliphatic heterocycles. The van der Waals surface area contributed by atoms with E-state index in [-0.39, 0.29) is 12.2 Å². The average Bonchev–Trinajstić information content (AvgIpc) is 3.49. The van der Waals surface area contributed by atoms with Crippen molar-refractivity contribution in [3.05, 3.63) is 105 Å². The molecule has 0 N–H and O–H groups in total. The topological polar surface area (TPSA) is 83.0 Å². The molecule has 1 atom stereocenters. The van der Waals surface area contributed by atoms with Gasteiger partial charge in [0.15, 0.2) is 4.80 Å². The first-order chi connectivity index (χ1) is 18.7. The fourth-order valence-corrected chi connectivity index (χ4v) is 6.21. The first-order valence-corrected chi connectivity index (χ1v) is 14.2. The lowest BCUT2D eigenvalue weighted by Crippen LogP contribution is -2.39. The van der Waals surface area contributed by atoms with Crippen LogP contribution in [0, 0.1) is 0 Å². The van der Waals surface area contributed by atoms with Crippen molar-refractivity contribution in [2.45, 2.75) is 19.9 Å². The highest BCUT2D eigenvalue weighted by Gasteiger charge is 2.33. The quantitative estimate of drug-likeness (QED) is 0.235. The van der Waals surface area contributed by atoms with E-state index in [1.165, 1.54) is 15.9 Å². The fourth-order valence-electron chi connectivity index (χ4n) is 4.32. The highest BCUT2D eigenvalue weighted by atomic mass is 79.9. The lowest BCUT2D eigenvalue weighted by atomic mass is 9.96. The summed E-state index contributed by atoms with van der Waals surface area (Å²) >= 11 is 16.9. The van der Waals surface area contributed by atoms with Crippen molar-refractivity contribution in [3.8, 4) is 17.1 Å². The summed E-state index contributed by atoms with van der Waals surface area (Å²) < 4.78 is 19.3. The summed E-state index contributed by atoms with van der Waals surface area (Å²) in [4.78, 5) is 31.9. The number of methoxy groups -OCH3 is 1. The Kier molecular flexibility index (Phi) is 7.87. The molecule has 0 amide bonds. The average molecular weight is 648 g/mol. The second kappa shape index (κ2) is 11.2. The molecule has 4 aromatic rings. The summed E-state index contributed by atoms with van der Waals surface area (Å²) in [6, 6.07) is 13.5. The first-order valence-electron chi connectivity index (χ1n) is 11.8. The third kappa shape index (κ3) is 5.24. The van der Waals surface area contributed by atoms with E-state index in [0.29, 0.717) is 58.0 Å². The van der Waals surface area contributed by atoms with Crippen LogP contribution in [-0.4, -0.2) is 24.3 Å². The van der Waals surface area contributed by atoms with Gasteiger partial charge >= 0.3 is 5.97 Å². The zero-order valence-electron chi connectivity index (χ0n) is 21.0. The third-order valence-electron chi connectivity index (χ3n) is 6.11. The number of fused-ring (bicyclic) bond motifs is 1. The number of nitrogens with zero attached hydrogens (tertiary/aromatic N) is 2. The van der Waals surface area contributed by atoms with Gasteiger partial charge < -0.3 is 13.9 Å². The monoisotopic (exact) mass is 646 g/mol. The van der Waals surface area contributed by atoms with E-state index in [1.807, 2.05) is 12.1 Å². The van der Waals surface area contributed by atoms with Crippen LogP contribution in [0.4, 0.5) is 0 Å². The molecule has 0 fully saturated rings. The molecule has 39 heavy (non-hydrogen) atoms. The number of halogens is 3. The van der Waals surface area contributed by atoms with Crippen molar-refractivity contribution in [2.24, 2.45) is 4.99 Å². The molecule has 0 unspecified atom stereocenters. The van der Waals surface area contributed by atoms with Gasteiger partial charge in [0.2, 0.25) is 0 Å². The first kappa shape index (κ1) is 27.5. The maximum atomic E-state index is 13.8. The maximum Gasteiger partial charge on any atom is 0.338 e. The highest BCUT2D eigenvalue weighted by molar-refractivity contribution is 9.10. The maximum absolute atomic E-state index is 13.8. The minimum atomic E-state index is -0.743. The van der Waals surface area contributed by atoms with Crippen molar-refractivity contribution < 1.29 is 18.7 Å². The molecule has 0 saturated carbocycles. The Morgan fingerprint density at radius 2 is 1.97 bits per heavy atom. The Balaban J connectivity index is 1.64. The number of esters is 1. The van der Waals surface area contributed by atoms with Crippen LogP contribution in [0.3, 0.4) is 0 Å². The molecule has 0 saturated heterocycles. The Morgan fingerprint density at radius 3 is 2.67 bits per heavy atom. The Morgan fingerprint density at radius 1 is 1.18 bits per heavy atom. The van der Waals surface area contributed by atoms with Crippen molar-refractivity contribution in [1.82, 2.24) is 4.57 Å². The molecule has 0 spiro atoms. The third-order valence-corrected chi connectivity index (χ3v) is 8.45. The molecule has 5 rings (SSSR count). The number of rotatable bonds is 6. The Labute approximate surface area is 245 Å². The van der Waals surface area contributed by atoms with Crippen molar-refractivity contribution >= 4 is 62.5 Å². The van der Waals surface area contributed by atoms with Crippen LogP contribution in [0.2, 0.25) is 10.0 Å². The summed E-state index contributed by atoms with van der Waals surface area (Å²) in [5, 5.41) is 0.864. The number of allylic oxidation sites excluding steroid dienone is 1. The van der Waals surface area contributed by atoms with Gasteiger partial charge in [-0.05, 0) is 77.8 Å². The van der Waals surface area contributed by atoms with Crippen LogP contribution >= 0.6 is 50.5 Å². The van der Waals surface area contributed by atoms with Crippen LogP contribution < -0.4 is 19.6 Å². The SMILES string of the molecule is CCOC(=O)C1=C(C)N=c2s/c(=C/c3ccc(-c4ccc(Cl)c(Cl)c4)o3)c(=O)n2[C@H]1c1ccc(OC)c(Br)c1. The molecule has 1 aliphatic rings. The molecule has 11 heteroatoms. The highest BCUT2D eigenvalue weighted by Crippen LogP contribution is 2.35. The predicted molar refractivity (Wildman–Crippen MR) is 155 cm³/mol. The van der Waals surface area contributed by atoms with Crippen LogP contribution in [0.1, 0.15) is 31.2 Å². The molecular formula is C28H21BrCl2N2O5S. The van der Waals surface area contributed by atoms with Gasteiger partial charge in [0.05, 0.1) is 50.1 Å². The zero-order chi connectivity index (χ0) is 27.8. The van der Waals surface area contributed by atoms with Gasteiger partial charge in [0.25, 0.3) is 5.56 Å². The molecule has 7 nitrogen and oxygen atoms in total. The lowest BCUT2D eigenvalue weighted by molar-refractivity contribution is -0.139. The number of carbonyl (C=O) groups is 1. The normalized spacial score (nSPS) is 15.2. The number of hydrogen-bond acceptors (Lipinski definition) is 7. The van der Waals surface area contributed by atoms with Crippen LogP contribution in [0.15, 0.2) is 78.5 Å². The summed E-state index contributed by atoms with van der Waals surface area (Å²) in [6.45, 7) is 3.67. The van der Waals surface area contributed by atoms with Crippen LogP contribution in [0.25, 0.3) is 17.4 Å². The molecule has 200 valence electrons. The van der Waals surface area contributed by atoms with E-state index >= 15 is 0 Å². The molecule has 3 heterocycles. The number of furan rings is 1. The number of benzene rings is 2. The molecule has 0 bridgehead atoms. The van der Waals surface area contributed by atoms with E-state index in [1.54, 1.807) is 63.4 Å². The summed E-state index contributed by atoms with van der Waals surface area (Å²) in [5.74, 6) is 1.16. The van der Waals surface area contributed by atoms with Crippen LogP contribution in [0.5, 0.6) is 5.75 Å². The molecule has 0 radical (unpaired) electrons. The van der Waals surface area contributed by atoms with E-state index in [4.69, 9.17) is 37.1 Å².